The van der Waals surface area contributed by atoms with Crippen LogP contribution in [-0.2, 0) is 0 Å². The lowest BCUT2D eigenvalue weighted by molar-refractivity contribution is 1.18. The summed E-state index contributed by atoms with van der Waals surface area (Å²) in [5.74, 6) is 0. The van der Waals surface area contributed by atoms with E-state index in [1.807, 2.05) is 42.5 Å². The second kappa shape index (κ2) is 9.24. The fourth-order valence-corrected chi connectivity index (χ4v) is 6.35. The standard InChI is InChI=1S/C38H22N4/c1-39-26-20-22-37-31(24-26)30-23-25(19-21-36(30)42(37)38-18-10-6-14-32(38)40-2)27-11-3-7-15-33(27)41-34-16-8-4-12-28(34)29-13-5-9-17-35(29)41/h3-24H. The van der Waals surface area contributed by atoms with Crippen LogP contribution in [0.2, 0.25) is 0 Å². The average molecular weight is 535 g/mol. The van der Waals surface area contributed by atoms with Gasteiger partial charge in [0.2, 0.25) is 5.69 Å². The zero-order chi connectivity index (χ0) is 28.2. The third kappa shape index (κ3) is 3.40. The molecule has 2 aromatic heterocycles. The molecule has 0 spiro atoms. The van der Waals surface area contributed by atoms with E-state index >= 15 is 0 Å². The van der Waals surface area contributed by atoms with Crippen LogP contribution >= 0.6 is 0 Å². The van der Waals surface area contributed by atoms with E-state index in [1.165, 1.54) is 21.8 Å². The smallest absolute Gasteiger partial charge is 0.210 e. The summed E-state index contributed by atoms with van der Waals surface area (Å²) in [6, 6.07) is 45.7. The second-order valence-electron chi connectivity index (χ2n) is 10.4. The predicted octanol–water partition coefficient (Wildman–Crippen LogP) is 10.6. The van der Waals surface area contributed by atoms with Crippen LogP contribution in [0.5, 0.6) is 0 Å². The highest BCUT2D eigenvalue weighted by Gasteiger charge is 2.18. The van der Waals surface area contributed by atoms with Crippen LogP contribution in [0.4, 0.5) is 11.4 Å². The van der Waals surface area contributed by atoms with E-state index in [0.717, 1.165) is 44.3 Å². The molecule has 42 heavy (non-hydrogen) atoms. The Morgan fingerprint density at radius 3 is 1.69 bits per heavy atom. The number of para-hydroxylation sites is 5. The number of benzene rings is 6. The number of fused-ring (bicyclic) bond motifs is 6. The average Bonchev–Trinajstić information content (AvgIpc) is 3.56. The van der Waals surface area contributed by atoms with E-state index in [9.17, 15) is 0 Å². The quantitative estimate of drug-likeness (QED) is 0.201. The molecule has 0 saturated carbocycles. The van der Waals surface area contributed by atoms with Crippen molar-refractivity contribution >= 4 is 55.0 Å². The molecule has 0 bridgehead atoms. The van der Waals surface area contributed by atoms with Crippen molar-refractivity contribution in [1.29, 1.82) is 0 Å². The summed E-state index contributed by atoms with van der Waals surface area (Å²) in [6.45, 7) is 15.4. The lowest BCUT2D eigenvalue weighted by Crippen LogP contribution is -1.97. The Morgan fingerprint density at radius 1 is 0.429 bits per heavy atom. The Kier molecular flexibility index (Phi) is 5.22. The third-order valence-electron chi connectivity index (χ3n) is 8.16. The fourth-order valence-electron chi connectivity index (χ4n) is 6.35. The largest absolute Gasteiger partial charge is 0.319 e. The molecule has 0 aliphatic carbocycles. The van der Waals surface area contributed by atoms with Crippen LogP contribution in [0.15, 0.2) is 133 Å². The van der Waals surface area contributed by atoms with Crippen molar-refractivity contribution in [3.63, 3.8) is 0 Å². The van der Waals surface area contributed by atoms with Gasteiger partial charge < -0.3 is 9.13 Å². The number of nitrogens with zero attached hydrogens (tertiary/aromatic N) is 4. The van der Waals surface area contributed by atoms with Crippen molar-refractivity contribution in [2.45, 2.75) is 0 Å². The molecule has 0 aliphatic rings. The molecule has 8 aromatic rings. The van der Waals surface area contributed by atoms with Gasteiger partial charge in [-0.2, -0.15) is 0 Å². The first-order valence-corrected chi connectivity index (χ1v) is 13.8. The number of aromatic nitrogens is 2. The molecule has 6 aromatic carbocycles. The van der Waals surface area contributed by atoms with Crippen LogP contribution < -0.4 is 0 Å². The summed E-state index contributed by atoms with van der Waals surface area (Å²) < 4.78 is 4.50. The van der Waals surface area contributed by atoms with E-state index in [2.05, 4.69) is 110 Å². The van der Waals surface area contributed by atoms with Gasteiger partial charge in [0.15, 0.2) is 5.69 Å². The monoisotopic (exact) mass is 534 g/mol. The van der Waals surface area contributed by atoms with Crippen LogP contribution in [-0.4, -0.2) is 9.13 Å². The molecule has 0 radical (unpaired) electrons. The first-order chi connectivity index (χ1) is 20.8. The lowest BCUT2D eigenvalue weighted by atomic mass is 10.0. The first kappa shape index (κ1) is 23.8. The Bertz CT molecular complexity index is 2390. The van der Waals surface area contributed by atoms with Crippen LogP contribution in [0.25, 0.3) is 75.8 Å². The molecular weight excluding hydrogens is 512 g/mol. The Hall–Kier alpha value is -6.10. The number of hydrogen-bond acceptors (Lipinski definition) is 0. The van der Waals surface area contributed by atoms with Gasteiger partial charge >= 0.3 is 0 Å². The molecule has 194 valence electrons. The molecule has 4 heteroatoms. The van der Waals surface area contributed by atoms with Crippen LogP contribution in [0, 0.1) is 13.1 Å². The minimum absolute atomic E-state index is 0.589. The zero-order valence-electron chi connectivity index (χ0n) is 22.5. The topological polar surface area (TPSA) is 18.6 Å². The maximum absolute atomic E-state index is 7.79. The molecule has 0 amide bonds. The van der Waals surface area contributed by atoms with Crippen LogP contribution in [0.1, 0.15) is 0 Å². The molecule has 0 unspecified atom stereocenters. The predicted molar refractivity (Wildman–Crippen MR) is 173 cm³/mol. The van der Waals surface area contributed by atoms with Gasteiger partial charge in [-0.3, -0.25) is 0 Å². The normalized spacial score (nSPS) is 11.3. The maximum atomic E-state index is 7.79. The van der Waals surface area contributed by atoms with Gasteiger partial charge in [0.05, 0.1) is 46.6 Å². The molecular formula is C38H22N4. The van der Waals surface area contributed by atoms with E-state index < -0.39 is 0 Å². The number of rotatable bonds is 3. The number of hydrogen-bond donors (Lipinski definition) is 0. The summed E-state index contributed by atoms with van der Waals surface area (Å²) in [7, 11) is 0. The highest BCUT2D eigenvalue weighted by atomic mass is 15.0. The minimum atomic E-state index is 0.589. The van der Waals surface area contributed by atoms with E-state index in [1.54, 1.807) is 0 Å². The zero-order valence-corrected chi connectivity index (χ0v) is 22.5. The van der Waals surface area contributed by atoms with Gasteiger partial charge in [0.25, 0.3) is 0 Å². The van der Waals surface area contributed by atoms with Gasteiger partial charge in [0.1, 0.15) is 0 Å². The Balaban J connectivity index is 1.43. The van der Waals surface area contributed by atoms with Crippen molar-refractivity contribution in [3.05, 3.63) is 156 Å². The van der Waals surface area contributed by atoms with Crippen molar-refractivity contribution in [1.82, 2.24) is 9.13 Å². The molecule has 0 atom stereocenters. The van der Waals surface area contributed by atoms with E-state index in [-0.39, 0.29) is 0 Å². The summed E-state index contributed by atoms with van der Waals surface area (Å²) >= 11 is 0. The molecule has 4 nitrogen and oxygen atoms in total. The lowest BCUT2D eigenvalue weighted by Gasteiger charge is -2.14. The molecule has 8 rings (SSSR count). The molecule has 2 heterocycles. The van der Waals surface area contributed by atoms with Gasteiger partial charge in [-0.05, 0) is 59.5 Å². The van der Waals surface area contributed by atoms with Crippen molar-refractivity contribution in [2.24, 2.45) is 0 Å². The van der Waals surface area contributed by atoms with Gasteiger partial charge in [-0.15, -0.1) is 0 Å². The Morgan fingerprint density at radius 2 is 0.976 bits per heavy atom. The maximum Gasteiger partial charge on any atom is 0.210 e. The van der Waals surface area contributed by atoms with Crippen molar-refractivity contribution in [3.8, 4) is 22.5 Å². The summed E-state index contributed by atoms with van der Waals surface area (Å²) in [5, 5.41) is 4.50. The molecule has 0 saturated heterocycles. The highest BCUT2D eigenvalue weighted by Crippen LogP contribution is 2.41. The van der Waals surface area contributed by atoms with E-state index in [4.69, 9.17) is 13.1 Å². The van der Waals surface area contributed by atoms with Crippen molar-refractivity contribution in [2.75, 3.05) is 0 Å². The molecule has 0 N–H and O–H groups in total. The van der Waals surface area contributed by atoms with Crippen molar-refractivity contribution < 1.29 is 0 Å². The Labute approximate surface area is 242 Å². The van der Waals surface area contributed by atoms with Crippen LogP contribution in [0.3, 0.4) is 0 Å². The summed E-state index contributed by atoms with van der Waals surface area (Å²) in [5.41, 5.74) is 9.65. The SMILES string of the molecule is [C-]#[N+]c1ccc2c(c1)c1cc(-c3ccccc3-n3c4ccccc4c4ccccc43)ccc1n2-c1ccccc1[N+]#[C-]. The second-order valence-corrected chi connectivity index (χ2v) is 10.4. The van der Waals surface area contributed by atoms with E-state index in [0.29, 0.717) is 11.4 Å². The highest BCUT2D eigenvalue weighted by molar-refractivity contribution is 6.13. The molecule has 0 fully saturated rings. The first-order valence-electron chi connectivity index (χ1n) is 13.8. The minimum Gasteiger partial charge on any atom is -0.319 e. The van der Waals surface area contributed by atoms with Gasteiger partial charge in [-0.1, -0.05) is 84.9 Å². The third-order valence-corrected chi connectivity index (χ3v) is 8.16. The summed E-state index contributed by atoms with van der Waals surface area (Å²) in [6.07, 6.45) is 0. The summed E-state index contributed by atoms with van der Waals surface area (Å²) in [4.78, 5) is 7.53. The fraction of sp³-hybridized carbons (Fsp3) is 0. The van der Waals surface area contributed by atoms with Gasteiger partial charge in [0, 0.05) is 21.7 Å². The van der Waals surface area contributed by atoms with Gasteiger partial charge in [-0.25, -0.2) is 9.69 Å². The molecule has 0 aliphatic heterocycles.